The van der Waals surface area contributed by atoms with Crippen LogP contribution in [0.5, 0.6) is 0 Å². The predicted molar refractivity (Wildman–Crippen MR) is 66.4 cm³/mol. The second kappa shape index (κ2) is 6.36. The predicted octanol–water partition coefficient (Wildman–Crippen LogP) is 0.980. The largest absolute Gasteiger partial charge is 0.477 e. The lowest BCUT2D eigenvalue weighted by Crippen LogP contribution is -2.24. The molecule has 1 aromatic rings. The molecule has 3 N–H and O–H groups in total. The first-order chi connectivity index (χ1) is 8.04. The molecule has 0 aromatic carbocycles. The van der Waals surface area contributed by atoms with Crippen molar-refractivity contribution in [1.29, 1.82) is 0 Å². The minimum atomic E-state index is -0.894. The van der Waals surface area contributed by atoms with Gasteiger partial charge in [0.15, 0.2) is 0 Å². The fourth-order valence-electron chi connectivity index (χ4n) is 1.35. The summed E-state index contributed by atoms with van der Waals surface area (Å²) in [4.78, 5) is 23.1. The molecule has 0 bridgehead atoms. The molecule has 0 saturated heterocycles. The zero-order valence-corrected chi connectivity index (χ0v) is 10.7. The first kappa shape index (κ1) is 13.7. The van der Waals surface area contributed by atoms with Crippen molar-refractivity contribution in [2.24, 2.45) is 0 Å². The van der Waals surface area contributed by atoms with E-state index in [1.807, 2.05) is 6.92 Å². The van der Waals surface area contributed by atoms with Crippen LogP contribution in [0.25, 0.3) is 0 Å². The van der Waals surface area contributed by atoms with Gasteiger partial charge < -0.3 is 15.7 Å². The topological polar surface area (TPSA) is 78.4 Å². The lowest BCUT2D eigenvalue weighted by molar-refractivity contribution is -0.120. The Morgan fingerprint density at radius 3 is 2.71 bits per heavy atom. The van der Waals surface area contributed by atoms with E-state index in [9.17, 15) is 9.59 Å². The normalized spacial score (nSPS) is 10.2. The van der Waals surface area contributed by atoms with Gasteiger partial charge >= 0.3 is 5.97 Å². The third kappa shape index (κ3) is 4.16. The van der Waals surface area contributed by atoms with Gasteiger partial charge in [-0.2, -0.15) is 0 Å². The molecule has 0 aliphatic carbocycles. The first-order valence-corrected chi connectivity index (χ1v) is 6.10. The standard InChI is InChI=1S/C11H16N2O3S/c1-7-8(5-9(17-7)11(15)16)6-13-4-3-10(14)12-2/h5,13H,3-4,6H2,1-2H3,(H,12,14)(H,15,16). The van der Waals surface area contributed by atoms with Crippen molar-refractivity contribution >= 4 is 23.2 Å². The molecule has 0 unspecified atom stereocenters. The number of carbonyl (C=O) groups is 2. The second-order valence-electron chi connectivity index (χ2n) is 3.60. The van der Waals surface area contributed by atoms with Crippen molar-refractivity contribution in [1.82, 2.24) is 10.6 Å². The van der Waals surface area contributed by atoms with E-state index in [0.717, 1.165) is 10.4 Å². The van der Waals surface area contributed by atoms with Gasteiger partial charge in [0, 0.05) is 31.4 Å². The molecular weight excluding hydrogens is 240 g/mol. The molecule has 5 nitrogen and oxygen atoms in total. The quantitative estimate of drug-likeness (QED) is 0.663. The highest BCUT2D eigenvalue weighted by molar-refractivity contribution is 7.14. The van der Waals surface area contributed by atoms with Crippen LogP contribution in [0.2, 0.25) is 0 Å². The Balaban J connectivity index is 2.41. The summed E-state index contributed by atoms with van der Waals surface area (Å²) in [5.41, 5.74) is 0.976. The molecule has 0 aliphatic heterocycles. The van der Waals surface area contributed by atoms with Crippen molar-refractivity contribution in [3.8, 4) is 0 Å². The number of nitrogens with one attached hydrogen (secondary N) is 2. The van der Waals surface area contributed by atoms with Crippen LogP contribution in [0.15, 0.2) is 6.07 Å². The maximum atomic E-state index is 11.0. The van der Waals surface area contributed by atoms with E-state index >= 15 is 0 Å². The van der Waals surface area contributed by atoms with Crippen LogP contribution in [0.3, 0.4) is 0 Å². The lowest BCUT2D eigenvalue weighted by Gasteiger charge is -2.03. The van der Waals surface area contributed by atoms with Gasteiger partial charge in [0.25, 0.3) is 0 Å². The third-order valence-electron chi connectivity index (χ3n) is 2.35. The summed E-state index contributed by atoms with van der Waals surface area (Å²) in [5.74, 6) is -0.902. The van der Waals surface area contributed by atoms with Gasteiger partial charge in [-0.1, -0.05) is 0 Å². The maximum Gasteiger partial charge on any atom is 0.345 e. The van der Waals surface area contributed by atoms with Crippen molar-refractivity contribution in [3.05, 3.63) is 21.4 Å². The number of carboxylic acid groups (broad SMARTS) is 1. The number of carbonyl (C=O) groups excluding carboxylic acids is 1. The van der Waals surface area contributed by atoms with Crippen molar-refractivity contribution in [3.63, 3.8) is 0 Å². The molecule has 17 heavy (non-hydrogen) atoms. The first-order valence-electron chi connectivity index (χ1n) is 5.28. The van der Waals surface area contributed by atoms with E-state index in [0.29, 0.717) is 24.4 Å². The Morgan fingerprint density at radius 2 is 2.18 bits per heavy atom. The average molecular weight is 256 g/mol. The van der Waals surface area contributed by atoms with Crippen LogP contribution in [0.1, 0.15) is 26.5 Å². The van der Waals surface area contributed by atoms with E-state index in [2.05, 4.69) is 10.6 Å². The number of carboxylic acids is 1. The van der Waals surface area contributed by atoms with E-state index in [1.54, 1.807) is 13.1 Å². The van der Waals surface area contributed by atoms with E-state index in [-0.39, 0.29) is 5.91 Å². The molecule has 1 heterocycles. The fraction of sp³-hybridized carbons (Fsp3) is 0.455. The molecule has 0 aliphatic rings. The summed E-state index contributed by atoms with van der Waals surface area (Å²) in [7, 11) is 1.60. The molecule has 0 spiro atoms. The molecule has 0 fully saturated rings. The Hall–Kier alpha value is -1.40. The van der Waals surface area contributed by atoms with E-state index in [4.69, 9.17) is 5.11 Å². The minimum absolute atomic E-state index is 0.00855. The maximum absolute atomic E-state index is 11.0. The number of hydrogen-bond acceptors (Lipinski definition) is 4. The number of rotatable bonds is 6. The average Bonchev–Trinajstić information content (AvgIpc) is 2.66. The number of amides is 1. The van der Waals surface area contributed by atoms with Gasteiger partial charge in [0.2, 0.25) is 5.91 Å². The van der Waals surface area contributed by atoms with Crippen LogP contribution in [0, 0.1) is 6.92 Å². The molecule has 1 rings (SSSR count). The highest BCUT2D eigenvalue weighted by atomic mass is 32.1. The molecule has 1 amide bonds. The molecule has 94 valence electrons. The van der Waals surface area contributed by atoms with E-state index < -0.39 is 5.97 Å². The summed E-state index contributed by atoms with van der Waals surface area (Å²) in [5, 5.41) is 14.5. The van der Waals surface area contributed by atoms with Gasteiger partial charge in [0.1, 0.15) is 4.88 Å². The minimum Gasteiger partial charge on any atom is -0.477 e. The number of aryl methyl sites for hydroxylation is 1. The smallest absolute Gasteiger partial charge is 0.345 e. The summed E-state index contributed by atoms with van der Waals surface area (Å²) >= 11 is 1.27. The van der Waals surface area contributed by atoms with Crippen molar-refractivity contribution in [2.45, 2.75) is 19.9 Å². The van der Waals surface area contributed by atoms with Crippen LogP contribution >= 0.6 is 11.3 Å². The van der Waals surface area contributed by atoms with Crippen LogP contribution in [0.4, 0.5) is 0 Å². The van der Waals surface area contributed by atoms with Crippen molar-refractivity contribution in [2.75, 3.05) is 13.6 Å². The van der Waals surface area contributed by atoms with Gasteiger partial charge in [-0.25, -0.2) is 4.79 Å². The van der Waals surface area contributed by atoms with Crippen LogP contribution in [-0.4, -0.2) is 30.6 Å². The van der Waals surface area contributed by atoms with Gasteiger partial charge in [-0.15, -0.1) is 11.3 Å². The highest BCUT2D eigenvalue weighted by Crippen LogP contribution is 2.21. The fourth-order valence-corrected chi connectivity index (χ4v) is 2.23. The molecular formula is C11H16N2O3S. The molecule has 6 heteroatoms. The summed E-state index contributed by atoms with van der Waals surface area (Å²) in [6.45, 7) is 3.07. The molecule has 1 aromatic heterocycles. The Kier molecular flexibility index (Phi) is 5.11. The molecule has 0 saturated carbocycles. The van der Waals surface area contributed by atoms with Gasteiger partial charge in [-0.05, 0) is 18.6 Å². The van der Waals surface area contributed by atoms with Gasteiger partial charge in [0.05, 0.1) is 0 Å². The van der Waals surface area contributed by atoms with Crippen molar-refractivity contribution < 1.29 is 14.7 Å². The number of thiophene rings is 1. The summed E-state index contributed by atoms with van der Waals surface area (Å²) < 4.78 is 0. The molecule has 0 atom stereocenters. The zero-order chi connectivity index (χ0) is 12.8. The third-order valence-corrected chi connectivity index (χ3v) is 3.44. The van der Waals surface area contributed by atoms with Gasteiger partial charge in [-0.3, -0.25) is 4.79 Å². The number of aromatic carboxylic acids is 1. The summed E-state index contributed by atoms with van der Waals surface area (Å²) in [6, 6.07) is 1.68. The Bertz CT molecular complexity index is 415. The number of hydrogen-bond donors (Lipinski definition) is 3. The zero-order valence-electron chi connectivity index (χ0n) is 9.87. The van der Waals surface area contributed by atoms with Crippen LogP contribution in [-0.2, 0) is 11.3 Å². The van der Waals surface area contributed by atoms with Crippen LogP contribution < -0.4 is 10.6 Å². The van der Waals surface area contributed by atoms with E-state index in [1.165, 1.54) is 11.3 Å². The molecule has 0 radical (unpaired) electrons. The highest BCUT2D eigenvalue weighted by Gasteiger charge is 2.10. The Morgan fingerprint density at radius 1 is 1.47 bits per heavy atom. The second-order valence-corrected chi connectivity index (χ2v) is 4.85. The monoisotopic (exact) mass is 256 g/mol. The Labute approximate surface area is 104 Å². The SMILES string of the molecule is CNC(=O)CCNCc1cc(C(=O)O)sc1C. The summed E-state index contributed by atoms with van der Waals surface area (Å²) in [6.07, 6.45) is 0.422. The lowest BCUT2D eigenvalue weighted by atomic mass is 10.2.